The van der Waals surface area contributed by atoms with Crippen LogP contribution in [0.15, 0.2) is 0 Å². The molecule has 6 heteroatoms. The van der Waals surface area contributed by atoms with Gasteiger partial charge in [-0.05, 0) is 19.8 Å². The topological polar surface area (TPSA) is 67.4 Å². The quantitative estimate of drug-likeness (QED) is 0.686. The van der Waals surface area contributed by atoms with Crippen LogP contribution < -0.4 is 10.6 Å². The summed E-state index contributed by atoms with van der Waals surface area (Å²) in [7, 11) is -0.827. The second kappa shape index (κ2) is 7.79. The molecule has 0 aliphatic carbocycles. The predicted octanol–water partition coefficient (Wildman–Crippen LogP) is -0.362. The van der Waals surface area contributed by atoms with Crippen LogP contribution in [-0.4, -0.2) is 54.0 Å². The Kier molecular flexibility index (Phi) is 6.69. The van der Waals surface area contributed by atoms with Crippen molar-refractivity contribution in [2.75, 3.05) is 31.8 Å². The third-order valence-corrected chi connectivity index (χ3v) is 3.65. The molecule has 17 heavy (non-hydrogen) atoms. The molecule has 1 rings (SSSR count). The molecule has 2 N–H and O–H groups in total. The number of hydrogen-bond acceptors (Lipinski definition) is 4. The Morgan fingerprint density at radius 3 is 2.71 bits per heavy atom. The molecule has 1 aliphatic heterocycles. The number of carbonyl (C=O) groups excluding carboxylic acids is 1. The summed E-state index contributed by atoms with van der Waals surface area (Å²) in [5.74, 6) is 0.579. The van der Waals surface area contributed by atoms with E-state index in [0.29, 0.717) is 5.75 Å². The minimum absolute atomic E-state index is 0.00522. The molecule has 0 saturated carbocycles. The summed E-state index contributed by atoms with van der Waals surface area (Å²) in [5.41, 5.74) is 0. The SMILES string of the molecule is CC(CS(C)=O)NCC(=O)NC1CCOCC1. The van der Waals surface area contributed by atoms with Gasteiger partial charge in [0.15, 0.2) is 0 Å². The first-order chi connectivity index (χ1) is 8.08. The average Bonchev–Trinajstić information content (AvgIpc) is 2.27. The van der Waals surface area contributed by atoms with Gasteiger partial charge in [0.05, 0.1) is 6.54 Å². The van der Waals surface area contributed by atoms with Crippen LogP contribution in [0, 0.1) is 0 Å². The third kappa shape index (κ3) is 6.75. The fourth-order valence-electron chi connectivity index (χ4n) is 1.80. The van der Waals surface area contributed by atoms with Gasteiger partial charge in [-0.2, -0.15) is 0 Å². The van der Waals surface area contributed by atoms with Gasteiger partial charge in [0.25, 0.3) is 0 Å². The van der Waals surface area contributed by atoms with Crippen molar-refractivity contribution in [3.8, 4) is 0 Å². The minimum atomic E-state index is -0.827. The molecular weight excluding hydrogens is 240 g/mol. The van der Waals surface area contributed by atoms with Crippen molar-refractivity contribution in [2.24, 2.45) is 0 Å². The smallest absolute Gasteiger partial charge is 0.234 e. The Balaban J connectivity index is 2.13. The first-order valence-corrected chi connectivity index (χ1v) is 7.71. The molecule has 1 saturated heterocycles. The van der Waals surface area contributed by atoms with Crippen molar-refractivity contribution < 1.29 is 13.7 Å². The molecule has 1 amide bonds. The molecule has 0 bridgehead atoms. The summed E-state index contributed by atoms with van der Waals surface area (Å²) in [6.07, 6.45) is 3.45. The molecule has 0 aromatic heterocycles. The van der Waals surface area contributed by atoms with Crippen molar-refractivity contribution in [3.05, 3.63) is 0 Å². The normalized spacial score (nSPS) is 20.8. The van der Waals surface area contributed by atoms with Crippen LogP contribution in [0.1, 0.15) is 19.8 Å². The summed E-state index contributed by atoms with van der Waals surface area (Å²) in [6.45, 7) is 3.67. The highest BCUT2D eigenvalue weighted by atomic mass is 32.2. The molecule has 1 fully saturated rings. The van der Waals surface area contributed by atoms with E-state index in [0.717, 1.165) is 26.1 Å². The first-order valence-electron chi connectivity index (χ1n) is 5.98. The molecule has 5 nitrogen and oxygen atoms in total. The third-order valence-electron chi connectivity index (χ3n) is 2.68. The van der Waals surface area contributed by atoms with E-state index in [4.69, 9.17) is 4.74 Å². The molecule has 0 aromatic carbocycles. The second-order valence-electron chi connectivity index (χ2n) is 4.48. The van der Waals surface area contributed by atoms with Gasteiger partial charge >= 0.3 is 0 Å². The average molecular weight is 262 g/mol. The Bertz CT molecular complexity index is 267. The van der Waals surface area contributed by atoms with Gasteiger partial charge in [0.1, 0.15) is 0 Å². The van der Waals surface area contributed by atoms with Crippen molar-refractivity contribution in [1.82, 2.24) is 10.6 Å². The summed E-state index contributed by atoms with van der Waals surface area (Å²) in [6, 6.07) is 0.343. The van der Waals surface area contributed by atoms with E-state index >= 15 is 0 Å². The fraction of sp³-hybridized carbons (Fsp3) is 0.909. The van der Waals surface area contributed by atoms with Crippen molar-refractivity contribution >= 4 is 16.7 Å². The highest BCUT2D eigenvalue weighted by molar-refractivity contribution is 7.84. The van der Waals surface area contributed by atoms with E-state index in [1.165, 1.54) is 0 Å². The van der Waals surface area contributed by atoms with Gasteiger partial charge < -0.3 is 15.4 Å². The monoisotopic (exact) mass is 262 g/mol. The summed E-state index contributed by atoms with van der Waals surface area (Å²) < 4.78 is 16.2. The Labute approximate surface area is 105 Å². The van der Waals surface area contributed by atoms with Crippen LogP contribution >= 0.6 is 0 Å². The zero-order valence-electron chi connectivity index (χ0n) is 10.5. The van der Waals surface area contributed by atoms with Crippen LogP contribution in [0.2, 0.25) is 0 Å². The van der Waals surface area contributed by atoms with Crippen LogP contribution in [0.25, 0.3) is 0 Å². The lowest BCUT2D eigenvalue weighted by molar-refractivity contribution is -0.121. The first kappa shape index (κ1) is 14.6. The zero-order chi connectivity index (χ0) is 12.7. The number of hydrogen-bond donors (Lipinski definition) is 2. The lowest BCUT2D eigenvalue weighted by atomic mass is 10.1. The van der Waals surface area contributed by atoms with Gasteiger partial charge in [-0.3, -0.25) is 9.00 Å². The molecular formula is C11H22N2O3S. The molecule has 1 aliphatic rings. The molecule has 2 atom stereocenters. The molecule has 2 unspecified atom stereocenters. The predicted molar refractivity (Wildman–Crippen MR) is 68.4 cm³/mol. The highest BCUT2D eigenvalue weighted by Crippen LogP contribution is 2.05. The molecule has 1 heterocycles. The molecule has 0 aromatic rings. The van der Waals surface area contributed by atoms with Crippen LogP contribution in [0.4, 0.5) is 0 Å². The largest absolute Gasteiger partial charge is 0.381 e. The van der Waals surface area contributed by atoms with E-state index in [9.17, 15) is 9.00 Å². The van der Waals surface area contributed by atoms with E-state index in [-0.39, 0.29) is 24.5 Å². The lowest BCUT2D eigenvalue weighted by Gasteiger charge is -2.23. The number of ether oxygens (including phenoxy) is 1. The van der Waals surface area contributed by atoms with Gasteiger partial charge in [-0.25, -0.2) is 0 Å². The standard InChI is InChI=1S/C11H22N2O3S/c1-9(8-17(2)15)12-7-11(14)13-10-3-5-16-6-4-10/h9-10,12H,3-8H2,1-2H3,(H,13,14). The van der Waals surface area contributed by atoms with E-state index in [1.54, 1.807) is 6.26 Å². The van der Waals surface area contributed by atoms with Gasteiger partial charge in [-0.15, -0.1) is 0 Å². The maximum absolute atomic E-state index is 11.6. The van der Waals surface area contributed by atoms with Crippen LogP contribution in [0.3, 0.4) is 0 Å². The summed E-state index contributed by atoms with van der Waals surface area (Å²) >= 11 is 0. The fourth-order valence-corrected chi connectivity index (χ4v) is 2.62. The minimum Gasteiger partial charge on any atom is -0.381 e. The zero-order valence-corrected chi connectivity index (χ0v) is 11.3. The van der Waals surface area contributed by atoms with E-state index < -0.39 is 10.8 Å². The highest BCUT2D eigenvalue weighted by Gasteiger charge is 2.16. The number of nitrogens with one attached hydrogen (secondary N) is 2. The number of rotatable bonds is 6. The van der Waals surface area contributed by atoms with E-state index in [1.807, 2.05) is 6.92 Å². The Morgan fingerprint density at radius 1 is 1.47 bits per heavy atom. The molecule has 0 radical (unpaired) electrons. The van der Waals surface area contributed by atoms with Crippen LogP contribution in [0.5, 0.6) is 0 Å². The maximum atomic E-state index is 11.6. The van der Waals surface area contributed by atoms with Crippen molar-refractivity contribution in [3.63, 3.8) is 0 Å². The number of amides is 1. The summed E-state index contributed by atoms with van der Waals surface area (Å²) in [5, 5.41) is 6.04. The van der Waals surface area contributed by atoms with Crippen molar-refractivity contribution in [1.29, 1.82) is 0 Å². The molecule has 100 valence electrons. The number of carbonyl (C=O) groups is 1. The second-order valence-corrected chi connectivity index (χ2v) is 5.96. The Hall–Kier alpha value is -0.460. The van der Waals surface area contributed by atoms with Gasteiger partial charge in [0, 0.05) is 48.1 Å². The molecule has 0 spiro atoms. The van der Waals surface area contributed by atoms with E-state index in [2.05, 4.69) is 10.6 Å². The van der Waals surface area contributed by atoms with Crippen LogP contribution in [-0.2, 0) is 20.3 Å². The summed E-state index contributed by atoms with van der Waals surface area (Å²) in [4.78, 5) is 11.6. The van der Waals surface area contributed by atoms with Crippen molar-refractivity contribution in [2.45, 2.75) is 31.8 Å². The Morgan fingerprint density at radius 2 is 2.12 bits per heavy atom. The lowest BCUT2D eigenvalue weighted by Crippen LogP contribution is -2.45. The van der Waals surface area contributed by atoms with Gasteiger partial charge in [-0.1, -0.05) is 0 Å². The van der Waals surface area contributed by atoms with Gasteiger partial charge in [0.2, 0.25) is 5.91 Å². The maximum Gasteiger partial charge on any atom is 0.234 e.